The van der Waals surface area contributed by atoms with Crippen LogP contribution in [-0.2, 0) is 16.0 Å². The van der Waals surface area contributed by atoms with Gasteiger partial charge in [0, 0.05) is 27.1 Å². The maximum atomic E-state index is 12.5. The number of carbonyl (C=O) groups is 2. The van der Waals surface area contributed by atoms with Crippen LogP contribution in [0, 0.1) is 5.92 Å². The first kappa shape index (κ1) is 15.1. The van der Waals surface area contributed by atoms with Gasteiger partial charge in [-0.1, -0.05) is 24.3 Å². The first-order chi connectivity index (χ1) is 10.6. The van der Waals surface area contributed by atoms with Gasteiger partial charge in [0.15, 0.2) is 0 Å². The molecule has 0 spiro atoms. The molecule has 22 heavy (non-hydrogen) atoms. The van der Waals surface area contributed by atoms with E-state index < -0.39 is 0 Å². The molecule has 1 aliphatic carbocycles. The van der Waals surface area contributed by atoms with Crippen molar-refractivity contribution in [2.24, 2.45) is 5.92 Å². The highest BCUT2D eigenvalue weighted by atomic mass is 16.2. The minimum atomic E-state index is -0.114. The Hall–Kier alpha value is -1.84. The maximum absolute atomic E-state index is 12.5. The average Bonchev–Trinajstić information content (AvgIpc) is 3.31. The fourth-order valence-corrected chi connectivity index (χ4v) is 3.36. The molecule has 0 unspecified atom stereocenters. The van der Waals surface area contributed by atoms with Crippen molar-refractivity contribution in [1.29, 1.82) is 0 Å². The summed E-state index contributed by atoms with van der Waals surface area (Å²) in [6.07, 6.45) is 3.74. The minimum absolute atomic E-state index is 0.0529. The molecular formula is C18H24N2O2. The van der Waals surface area contributed by atoms with Crippen molar-refractivity contribution in [1.82, 2.24) is 9.80 Å². The number of benzene rings is 1. The minimum Gasteiger partial charge on any atom is -0.345 e. The topological polar surface area (TPSA) is 40.6 Å². The van der Waals surface area contributed by atoms with Crippen molar-refractivity contribution in [3.8, 4) is 0 Å². The molecule has 1 atom stereocenters. The standard InChI is InChI=1S/C18H24N2O2/c1-13(21)20-10-9-15-5-3-4-6-16(15)17(20)11-18(22)19(2)12-14-7-8-14/h3-6,14,17H,7-12H2,1-2H3/t17-/m1/s1. The summed E-state index contributed by atoms with van der Waals surface area (Å²) < 4.78 is 0. The fraction of sp³-hybridized carbons (Fsp3) is 0.556. The Morgan fingerprint density at radius 2 is 2.00 bits per heavy atom. The van der Waals surface area contributed by atoms with Crippen LogP contribution < -0.4 is 0 Å². The molecule has 4 heteroatoms. The lowest BCUT2D eigenvalue weighted by atomic mass is 9.90. The van der Waals surface area contributed by atoms with Gasteiger partial charge >= 0.3 is 0 Å². The van der Waals surface area contributed by atoms with Crippen LogP contribution in [0.1, 0.15) is 43.4 Å². The van der Waals surface area contributed by atoms with Gasteiger partial charge in [-0.05, 0) is 36.3 Å². The average molecular weight is 300 g/mol. The second-order valence-electron chi connectivity index (χ2n) is 6.60. The van der Waals surface area contributed by atoms with Crippen molar-refractivity contribution in [3.05, 3.63) is 35.4 Å². The van der Waals surface area contributed by atoms with Crippen molar-refractivity contribution in [2.75, 3.05) is 20.1 Å². The van der Waals surface area contributed by atoms with Gasteiger partial charge in [0.1, 0.15) is 0 Å². The summed E-state index contributed by atoms with van der Waals surface area (Å²) in [6, 6.07) is 8.08. The van der Waals surface area contributed by atoms with Crippen molar-refractivity contribution in [2.45, 2.75) is 38.6 Å². The highest BCUT2D eigenvalue weighted by molar-refractivity contribution is 5.79. The molecule has 1 fully saturated rings. The van der Waals surface area contributed by atoms with Gasteiger partial charge < -0.3 is 9.80 Å². The summed E-state index contributed by atoms with van der Waals surface area (Å²) >= 11 is 0. The number of nitrogens with zero attached hydrogens (tertiary/aromatic N) is 2. The van der Waals surface area contributed by atoms with Crippen LogP contribution in [0.25, 0.3) is 0 Å². The highest BCUT2D eigenvalue weighted by Crippen LogP contribution is 2.34. The molecule has 1 aromatic carbocycles. The Morgan fingerprint density at radius 1 is 1.27 bits per heavy atom. The monoisotopic (exact) mass is 300 g/mol. The van der Waals surface area contributed by atoms with E-state index in [1.165, 1.54) is 18.4 Å². The number of hydrogen-bond acceptors (Lipinski definition) is 2. The summed E-state index contributed by atoms with van der Waals surface area (Å²) in [5.41, 5.74) is 2.40. The molecule has 0 bridgehead atoms. The quantitative estimate of drug-likeness (QED) is 0.856. The summed E-state index contributed by atoms with van der Waals surface area (Å²) in [6.45, 7) is 3.16. The SMILES string of the molecule is CC(=O)N1CCc2ccccc2[C@H]1CC(=O)N(C)CC1CC1. The Bertz CT molecular complexity index is 580. The zero-order valence-electron chi connectivity index (χ0n) is 13.4. The first-order valence-corrected chi connectivity index (χ1v) is 8.15. The Balaban J connectivity index is 1.78. The molecule has 1 aromatic rings. The first-order valence-electron chi connectivity index (χ1n) is 8.15. The van der Waals surface area contributed by atoms with E-state index in [0.29, 0.717) is 18.9 Å². The van der Waals surface area contributed by atoms with E-state index in [0.717, 1.165) is 18.5 Å². The number of amides is 2. The molecular weight excluding hydrogens is 276 g/mol. The zero-order valence-corrected chi connectivity index (χ0v) is 13.4. The van der Waals surface area contributed by atoms with Crippen LogP contribution in [0.4, 0.5) is 0 Å². The maximum Gasteiger partial charge on any atom is 0.224 e. The van der Waals surface area contributed by atoms with Gasteiger partial charge in [0.25, 0.3) is 0 Å². The second kappa shape index (κ2) is 6.11. The van der Waals surface area contributed by atoms with E-state index >= 15 is 0 Å². The molecule has 1 saturated carbocycles. The van der Waals surface area contributed by atoms with Crippen LogP contribution in [0.15, 0.2) is 24.3 Å². The molecule has 0 saturated heterocycles. The summed E-state index contributed by atoms with van der Waals surface area (Å²) in [5.74, 6) is 0.883. The molecule has 1 aliphatic heterocycles. The van der Waals surface area contributed by atoms with E-state index in [2.05, 4.69) is 12.1 Å². The van der Waals surface area contributed by atoms with Crippen LogP contribution in [0.5, 0.6) is 0 Å². The van der Waals surface area contributed by atoms with E-state index in [9.17, 15) is 9.59 Å². The van der Waals surface area contributed by atoms with Gasteiger partial charge in [-0.15, -0.1) is 0 Å². The van der Waals surface area contributed by atoms with Gasteiger partial charge in [0.05, 0.1) is 12.5 Å². The number of hydrogen-bond donors (Lipinski definition) is 0. The van der Waals surface area contributed by atoms with E-state index in [1.54, 1.807) is 6.92 Å². The van der Waals surface area contributed by atoms with Gasteiger partial charge in [-0.2, -0.15) is 0 Å². The highest BCUT2D eigenvalue weighted by Gasteiger charge is 2.32. The number of rotatable bonds is 4. The fourth-order valence-electron chi connectivity index (χ4n) is 3.36. The van der Waals surface area contributed by atoms with Crippen LogP contribution in [-0.4, -0.2) is 41.8 Å². The predicted molar refractivity (Wildman–Crippen MR) is 85.3 cm³/mol. The zero-order chi connectivity index (χ0) is 15.7. The molecule has 3 rings (SSSR count). The molecule has 0 aromatic heterocycles. The van der Waals surface area contributed by atoms with Crippen molar-refractivity contribution >= 4 is 11.8 Å². The molecule has 4 nitrogen and oxygen atoms in total. The van der Waals surface area contributed by atoms with Crippen LogP contribution in [0.3, 0.4) is 0 Å². The Labute approximate surface area is 132 Å². The van der Waals surface area contributed by atoms with Gasteiger partial charge in [-0.25, -0.2) is 0 Å². The Kier molecular flexibility index (Phi) is 4.19. The third kappa shape index (κ3) is 3.16. The van der Waals surface area contributed by atoms with E-state index in [4.69, 9.17) is 0 Å². The second-order valence-corrected chi connectivity index (χ2v) is 6.60. The summed E-state index contributed by atoms with van der Waals surface area (Å²) in [7, 11) is 1.88. The largest absolute Gasteiger partial charge is 0.345 e. The molecule has 0 N–H and O–H groups in total. The van der Waals surface area contributed by atoms with Crippen LogP contribution >= 0.6 is 0 Å². The third-order valence-corrected chi connectivity index (χ3v) is 4.84. The summed E-state index contributed by atoms with van der Waals surface area (Å²) in [5, 5.41) is 0. The lowest BCUT2D eigenvalue weighted by Crippen LogP contribution is -2.41. The lowest BCUT2D eigenvalue weighted by molar-refractivity contribution is -0.136. The Morgan fingerprint density at radius 3 is 2.68 bits per heavy atom. The number of fused-ring (bicyclic) bond motifs is 1. The van der Waals surface area contributed by atoms with E-state index in [-0.39, 0.29) is 17.9 Å². The van der Waals surface area contributed by atoms with Crippen LogP contribution in [0.2, 0.25) is 0 Å². The molecule has 0 radical (unpaired) electrons. The van der Waals surface area contributed by atoms with Crippen molar-refractivity contribution in [3.63, 3.8) is 0 Å². The lowest BCUT2D eigenvalue weighted by Gasteiger charge is -2.37. The molecule has 118 valence electrons. The third-order valence-electron chi connectivity index (χ3n) is 4.84. The molecule has 2 amide bonds. The van der Waals surface area contributed by atoms with Gasteiger partial charge in [0.2, 0.25) is 11.8 Å². The smallest absolute Gasteiger partial charge is 0.224 e. The number of carbonyl (C=O) groups excluding carboxylic acids is 2. The molecule has 2 aliphatic rings. The van der Waals surface area contributed by atoms with Crippen molar-refractivity contribution < 1.29 is 9.59 Å². The summed E-state index contributed by atoms with van der Waals surface area (Å²) in [4.78, 5) is 28.2. The van der Waals surface area contributed by atoms with Gasteiger partial charge in [-0.3, -0.25) is 9.59 Å². The predicted octanol–water partition coefficient (Wildman–Crippen LogP) is 2.39. The molecule has 1 heterocycles. The van der Waals surface area contributed by atoms with E-state index in [1.807, 2.05) is 29.0 Å². The normalized spacial score (nSPS) is 20.5.